The lowest BCUT2D eigenvalue weighted by Gasteiger charge is -2.19. The van der Waals surface area contributed by atoms with Gasteiger partial charge in [-0.05, 0) is 46.9 Å². The molecule has 0 aliphatic rings. The lowest BCUT2D eigenvalue weighted by Crippen LogP contribution is -2.05. The molecule has 0 aromatic heterocycles. The van der Waals surface area contributed by atoms with Crippen molar-refractivity contribution in [1.82, 2.24) is 0 Å². The Morgan fingerprint density at radius 1 is 0.490 bits per heavy atom. The summed E-state index contributed by atoms with van der Waals surface area (Å²) in [6.07, 6.45) is 0.820. The molecule has 0 amide bonds. The first-order valence-electron chi connectivity index (χ1n) is 16.7. The molecule has 6 rings (SSSR count). The number of hydrogen-bond donors (Lipinski definition) is 1. The molecule has 6 aromatic carbocycles. The van der Waals surface area contributed by atoms with Gasteiger partial charge in [-0.2, -0.15) is 0 Å². The predicted molar refractivity (Wildman–Crippen MR) is 203 cm³/mol. The zero-order chi connectivity index (χ0) is 34.8. The van der Waals surface area contributed by atoms with Crippen LogP contribution in [0.1, 0.15) is 65.1 Å². The van der Waals surface area contributed by atoms with Gasteiger partial charge < -0.3 is 24.1 Å². The monoisotopic (exact) mass is 682 g/mol. The van der Waals surface area contributed by atoms with Crippen LogP contribution >= 0.6 is 0 Å². The van der Waals surface area contributed by atoms with Crippen LogP contribution in [0.15, 0.2) is 158 Å². The number of hydrogen-bond acceptors (Lipinski definition) is 6. The van der Waals surface area contributed by atoms with Gasteiger partial charge in [-0.1, -0.05) is 154 Å². The van der Waals surface area contributed by atoms with Crippen molar-refractivity contribution in [3.05, 3.63) is 191 Å². The minimum Gasteiger partial charge on any atom is -0.485 e. The number of aliphatic hydroxyl groups excluding tert-OH is 1. The maximum atomic E-state index is 11.3. The quantitative estimate of drug-likeness (QED) is 0.109. The molecule has 0 aliphatic heterocycles. The van der Waals surface area contributed by atoms with Crippen molar-refractivity contribution in [2.75, 3.05) is 0 Å². The van der Waals surface area contributed by atoms with Crippen LogP contribution in [-0.2, 0) is 26.4 Å². The van der Waals surface area contributed by atoms with E-state index in [4.69, 9.17) is 18.9 Å². The Labute approximate surface area is 301 Å². The van der Waals surface area contributed by atoms with Crippen molar-refractivity contribution < 1.29 is 28.8 Å². The maximum Gasteiger partial charge on any atom is 0.172 e. The molecule has 262 valence electrons. The molecule has 1 N–H and O–H groups in total. The molecule has 0 saturated carbocycles. The van der Waals surface area contributed by atoms with E-state index in [0.29, 0.717) is 61.4 Å². The van der Waals surface area contributed by atoms with Gasteiger partial charge in [0.1, 0.15) is 26.4 Å². The maximum absolute atomic E-state index is 11.3. The number of ether oxygens (including phenoxy) is 4. The number of aliphatic hydroxyl groups is 1. The van der Waals surface area contributed by atoms with Gasteiger partial charge in [-0.15, -0.1) is 0 Å². The number of carbonyl (C=O) groups excluding carboxylic acids is 1. The van der Waals surface area contributed by atoms with Crippen molar-refractivity contribution in [3.8, 4) is 23.0 Å². The first-order chi connectivity index (χ1) is 24.6. The summed E-state index contributed by atoms with van der Waals surface area (Å²) in [6, 6.07) is 50.7. The van der Waals surface area contributed by atoms with Crippen LogP contribution in [-0.4, -0.2) is 11.4 Å². The second-order valence-corrected chi connectivity index (χ2v) is 11.5. The SMILES string of the molecule is C.CCC(O)c1cccc(OCc2ccccc2)c1OCc1ccccc1.O=Cc1cccc(OCc2ccccc2)c1OCc1ccccc1. The Balaban J connectivity index is 0.000000225. The Hall–Kier alpha value is -5.85. The molecule has 1 atom stereocenters. The highest BCUT2D eigenvalue weighted by Gasteiger charge is 2.17. The van der Waals surface area contributed by atoms with E-state index in [-0.39, 0.29) is 7.43 Å². The summed E-state index contributed by atoms with van der Waals surface area (Å²) in [5.41, 5.74) is 5.49. The van der Waals surface area contributed by atoms with E-state index in [2.05, 4.69) is 0 Å². The molecule has 6 nitrogen and oxygen atoms in total. The van der Waals surface area contributed by atoms with E-state index >= 15 is 0 Å². The van der Waals surface area contributed by atoms with Gasteiger partial charge in [0.05, 0.1) is 11.7 Å². The fraction of sp³-hybridized carbons (Fsp3) is 0.178. The number of para-hydroxylation sites is 2. The minimum absolute atomic E-state index is 0. The third kappa shape index (κ3) is 11.6. The van der Waals surface area contributed by atoms with Crippen LogP contribution in [0.4, 0.5) is 0 Å². The smallest absolute Gasteiger partial charge is 0.172 e. The molecule has 0 saturated heterocycles. The van der Waals surface area contributed by atoms with Crippen LogP contribution in [0.5, 0.6) is 23.0 Å². The molecule has 6 aromatic rings. The molecule has 0 radical (unpaired) electrons. The minimum atomic E-state index is -0.582. The van der Waals surface area contributed by atoms with Crippen molar-refractivity contribution in [2.24, 2.45) is 0 Å². The summed E-state index contributed by atoms with van der Waals surface area (Å²) in [4.78, 5) is 11.3. The largest absolute Gasteiger partial charge is 0.485 e. The van der Waals surface area contributed by atoms with Crippen molar-refractivity contribution in [1.29, 1.82) is 0 Å². The lowest BCUT2D eigenvalue weighted by molar-refractivity contribution is 0.111. The molecule has 1 unspecified atom stereocenters. The van der Waals surface area contributed by atoms with Gasteiger partial charge in [-0.25, -0.2) is 0 Å². The number of benzene rings is 6. The van der Waals surface area contributed by atoms with Crippen molar-refractivity contribution in [3.63, 3.8) is 0 Å². The van der Waals surface area contributed by atoms with E-state index in [0.717, 1.165) is 34.1 Å². The summed E-state index contributed by atoms with van der Waals surface area (Å²) >= 11 is 0. The van der Waals surface area contributed by atoms with E-state index in [1.807, 2.05) is 153 Å². The van der Waals surface area contributed by atoms with Gasteiger partial charge >= 0.3 is 0 Å². The summed E-state index contributed by atoms with van der Waals surface area (Å²) < 4.78 is 23.8. The third-order valence-corrected chi connectivity index (χ3v) is 7.82. The van der Waals surface area contributed by atoms with Crippen LogP contribution in [0.25, 0.3) is 0 Å². The fourth-order valence-corrected chi connectivity index (χ4v) is 5.11. The molecule has 6 heteroatoms. The van der Waals surface area contributed by atoms with Crippen LogP contribution in [0, 0.1) is 0 Å². The van der Waals surface area contributed by atoms with Gasteiger partial charge in [-0.3, -0.25) is 4.79 Å². The van der Waals surface area contributed by atoms with Gasteiger partial charge in [0.25, 0.3) is 0 Å². The van der Waals surface area contributed by atoms with Crippen molar-refractivity contribution in [2.45, 2.75) is 53.3 Å². The molecule has 0 aliphatic carbocycles. The standard InChI is InChI=1S/C23H24O3.C21H18O3.CH4/c1-2-21(24)20-14-9-15-22(25-16-18-10-5-3-6-11-18)23(20)26-17-19-12-7-4-8-13-19;22-14-19-12-7-13-20(23-15-17-8-3-1-4-9-17)21(19)24-16-18-10-5-2-6-11-18;/h3-15,21,24H,2,16-17H2,1H3;1-14H,15-16H2;1H4. The third-order valence-electron chi connectivity index (χ3n) is 7.82. The van der Waals surface area contributed by atoms with Crippen LogP contribution in [0.2, 0.25) is 0 Å². The normalized spacial score (nSPS) is 10.8. The van der Waals surface area contributed by atoms with E-state index in [1.165, 1.54) is 0 Å². The van der Waals surface area contributed by atoms with Gasteiger partial charge in [0.2, 0.25) is 0 Å². The topological polar surface area (TPSA) is 74.2 Å². The Kier molecular flexibility index (Phi) is 15.3. The van der Waals surface area contributed by atoms with Crippen molar-refractivity contribution >= 4 is 6.29 Å². The molecule has 0 fully saturated rings. The summed E-state index contributed by atoms with van der Waals surface area (Å²) in [5.74, 6) is 2.31. The molecular weight excluding hydrogens is 636 g/mol. The van der Waals surface area contributed by atoms with E-state index in [9.17, 15) is 9.90 Å². The second-order valence-electron chi connectivity index (χ2n) is 11.5. The number of aldehydes is 1. The summed E-state index contributed by atoms with van der Waals surface area (Å²) in [6.45, 7) is 3.63. The molecule has 0 bridgehead atoms. The van der Waals surface area contributed by atoms with Gasteiger partial charge in [0, 0.05) is 5.56 Å². The van der Waals surface area contributed by atoms with E-state index < -0.39 is 6.10 Å². The predicted octanol–water partition coefficient (Wildman–Crippen LogP) is 10.6. The van der Waals surface area contributed by atoms with Crippen LogP contribution in [0.3, 0.4) is 0 Å². The first-order valence-corrected chi connectivity index (χ1v) is 16.7. The summed E-state index contributed by atoms with van der Waals surface area (Å²) in [5, 5.41) is 10.4. The molecule has 51 heavy (non-hydrogen) atoms. The molecule has 0 heterocycles. The fourth-order valence-electron chi connectivity index (χ4n) is 5.11. The highest BCUT2D eigenvalue weighted by molar-refractivity contribution is 5.81. The Morgan fingerprint density at radius 3 is 1.27 bits per heavy atom. The Morgan fingerprint density at radius 2 is 0.863 bits per heavy atom. The number of carbonyl (C=O) groups is 1. The zero-order valence-electron chi connectivity index (χ0n) is 28.2. The molecule has 0 spiro atoms. The van der Waals surface area contributed by atoms with E-state index in [1.54, 1.807) is 12.1 Å². The number of rotatable bonds is 15. The Bertz CT molecular complexity index is 1860. The molecular formula is C45H46O6. The van der Waals surface area contributed by atoms with Crippen LogP contribution < -0.4 is 18.9 Å². The van der Waals surface area contributed by atoms with Gasteiger partial charge in [0.15, 0.2) is 29.3 Å². The average Bonchev–Trinajstić information content (AvgIpc) is 3.19. The lowest BCUT2D eigenvalue weighted by atomic mass is 10.1. The first kappa shape index (κ1) is 38.0. The average molecular weight is 683 g/mol. The highest BCUT2D eigenvalue weighted by Crippen LogP contribution is 2.37. The zero-order valence-corrected chi connectivity index (χ0v) is 28.2. The summed E-state index contributed by atoms with van der Waals surface area (Å²) in [7, 11) is 0. The highest BCUT2D eigenvalue weighted by atomic mass is 16.5. The second kappa shape index (κ2) is 20.6.